The monoisotopic (exact) mass is 126 g/mol. The predicted octanol–water partition coefficient (Wildman–Crippen LogP) is 1.56. The van der Waals surface area contributed by atoms with Crippen LogP contribution >= 0.6 is 0 Å². The second-order valence-corrected chi connectivity index (χ2v) is 2.16. The first-order chi connectivity index (χ1) is 4.27. The molecule has 0 saturated heterocycles. The molecule has 1 heteroatoms. The van der Waals surface area contributed by atoms with E-state index in [2.05, 4.69) is 18.8 Å². The maximum atomic E-state index is 8.75. The summed E-state index contributed by atoms with van der Waals surface area (Å²) in [6, 6.07) is 0. The summed E-state index contributed by atoms with van der Waals surface area (Å²) in [6.45, 7) is 3.84. The van der Waals surface area contributed by atoms with Crippen LogP contribution in [0.5, 0.6) is 0 Å². The molecule has 0 rings (SSSR count). The van der Waals surface area contributed by atoms with Gasteiger partial charge in [-0.3, -0.25) is 0 Å². The van der Waals surface area contributed by atoms with E-state index in [9.17, 15) is 0 Å². The summed E-state index contributed by atoms with van der Waals surface area (Å²) in [6.07, 6.45) is 2.40. The van der Waals surface area contributed by atoms with E-state index in [1.807, 2.05) is 0 Å². The fourth-order valence-corrected chi connectivity index (χ4v) is 0.433. The van der Waals surface area contributed by atoms with E-state index in [-0.39, 0.29) is 6.10 Å². The first-order valence-corrected chi connectivity index (χ1v) is 3.41. The van der Waals surface area contributed by atoms with E-state index in [4.69, 9.17) is 5.11 Å². The van der Waals surface area contributed by atoms with Crippen molar-refractivity contribution in [1.82, 2.24) is 0 Å². The second kappa shape index (κ2) is 5.65. The van der Waals surface area contributed by atoms with Crippen LogP contribution in [0.2, 0.25) is 0 Å². The Labute approximate surface area is 57.1 Å². The maximum absolute atomic E-state index is 8.75. The summed E-state index contributed by atoms with van der Waals surface area (Å²) in [5.74, 6) is 5.84. The molecule has 0 aliphatic rings. The summed E-state index contributed by atoms with van der Waals surface area (Å²) < 4.78 is 0. The number of aliphatic hydroxyl groups excluding tert-OH is 1. The third-order valence-electron chi connectivity index (χ3n) is 0.897. The molecule has 0 saturated carbocycles. The van der Waals surface area contributed by atoms with Gasteiger partial charge in [0.2, 0.25) is 0 Å². The van der Waals surface area contributed by atoms with Gasteiger partial charge in [-0.25, -0.2) is 0 Å². The van der Waals surface area contributed by atoms with Gasteiger partial charge in [0.15, 0.2) is 0 Å². The van der Waals surface area contributed by atoms with Gasteiger partial charge in [-0.2, -0.15) is 0 Å². The Morgan fingerprint density at radius 2 is 2.11 bits per heavy atom. The number of aliphatic hydroxyl groups is 1. The van der Waals surface area contributed by atoms with Crippen LogP contribution in [0.15, 0.2) is 0 Å². The molecule has 0 heterocycles. The first-order valence-electron chi connectivity index (χ1n) is 3.41. The average molecular weight is 126 g/mol. The molecule has 0 fully saturated rings. The van der Waals surface area contributed by atoms with Crippen molar-refractivity contribution in [2.24, 2.45) is 0 Å². The molecule has 1 atom stereocenters. The van der Waals surface area contributed by atoms with Gasteiger partial charge in [0.1, 0.15) is 0 Å². The van der Waals surface area contributed by atoms with Gasteiger partial charge < -0.3 is 5.11 Å². The molecule has 1 nitrogen and oxygen atoms in total. The van der Waals surface area contributed by atoms with Gasteiger partial charge in [-0.1, -0.05) is 6.92 Å². The Balaban J connectivity index is 3.16. The van der Waals surface area contributed by atoms with Crippen LogP contribution in [0.4, 0.5) is 0 Å². The van der Waals surface area contributed by atoms with Crippen molar-refractivity contribution in [2.45, 2.75) is 39.2 Å². The van der Waals surface area contributed by atoms with Crippen LogP contribution in [0, 0.1) is 11.8 Å². The predicted molar refractivity (Wildman–Crippen MR) is 39.0 cm³/mol. The molecule has 52 valence electrons. The highest BCUT2D eigenvalue weighted by atomic mass is 16.3. The molecule has 0 aromatic carbocycles. The zero-order chi connectivity index (χ0) is 7.11. The van der Waals surface area contributed by atoms with Crippen molar-refractivity contribution >= 4 is 0 Å². The van der Waals surface area contributed by atoms with E-state index in [0.29, 0.717) is 6.42 Å². The van der Waals surface area contributed by atoms with Crippen molar-refractivity contribution in [2.75, 3.05) is 0 Å². The molecular weight excluding hydrogens is 112 g/mol. The Morgan fingerprint density at radius 3 is 2.56 bits per heavy atom. The van der Waals surface area contributed by atoms with E-state index in [1.165, 1.54) is 0 Å². The lowest BCUT2D eigenvalue weighted by Crippen LogP contribution is -1.95. The third kappa shape index (κ3) is 7.52. The summed E-state index contributed by atoms with van der Waals surface area (Å²) in [5, 5.41) is 8.75. The summed E-state index contributed by atoms with van der Waals surface area (Å²) in [7, 11) is 0. The molecular formula is C8H14O. The molecule has 0 spiro atoms. The normalized spacial score (nSPS) is 11.9. The van der Waals surface area contributed by atoms with E-state index in [0.717, 1.165) is 12.8 Å². The number of rotatable bonds is 2. The number of hydrogen-bond donors (Lipinski definition) is 1. The molecule has 0 aliphatic carbocycles. The van der Waals surface area contributed by atoms with Crippen molar-refractivity contribution in [3.63, 3.8) is 0 Å². The smallest absolute Gasteiger partial charge is 0.0621 e. The maximum Gasteiger partial charge on any atom is 0.0621 e. The van der Waals surface area contributed by atoms with Gasteiger partial charge in [-0.15, -0.1) is 11.8 Å². The molecule has 1 N–H and O–H groups in total. The lowest BCUT2D eigenvalue weighted by molar-refractivity contribution is 0.201. The summed E-state index contributed by atoms with van der Waals surface area (Å²) in [4.78, 5) is 0. The van der Waals surface area contributed by atoms with Crippen molar-refractivity contribution in [3.05, 3.63) is 0 Å². The van der Waals surface area contributed by atoms with E-state index >= 15 is 0 Å². The Bertz CT molecular complexity index is 105. The standard InChI is InChI=1S/C8H14O/c1-3-4-5-6-7-8(2)9/h8-9H,3-4,7H2,1-2H3/t8-/m0/s1. The zero-order valence-electron chi connectivity index (χ0n) is 6.15. The van der Waals surface area contributed by atoms with Gasteiger partial charge in [-0.05, 0) is 13.3 Å². The van der Waals surface area contributed by atoms with E-state index < -0.39 is 0 Å². The molecule has 0 aromatic rings. The number of hydrogen-bond acceptors (Lipinski definition) is 1. The topological polar surface area (TPSA) is 20.2 Å². The van der Waals surface area contributed by atoms with Crippen molar-refractivity contribution in [1.29, 1.82) is 0 Å². The largest absolute Gasteiger partial charge is 0.392 e. The number of unbranched alkanes of at least 4 members (excludes halogenated alkanes) is 1. The molecule has 0 bridgehead atoms. The van der Waals surface area contributed by atoms with Crippen molar-refractivity contribution in [3.8, 4) is 11.8 Å². The van der Waals surface area contributed by atoms with Gasteiger partial charge >= 0.3 is 0 Å². The highest BCUT2D eigenvalue weighted by molar-refractivity contribution is 4.99. The van der Waals surface area contributed by atoms with Crippen LogP contribution in [-0.4, -0.2) is 11.2 Å². The lowest BCUT2D eigenvalue weighted by Gasteiger charge is -1.91. The lowest BCUT2D eigenvalue weighted by atomic mass is 10.2. The summed E-state index contributed by atoms with van der Waals surface area (Å²) >= 11 is 0. The van der Waals surface area contributed by atoms with Gasteiger partial charge in [0.05, 0.1) is 6.10 Å². The van der Waals surface area contributed by atoms with Crippen LogP contribution in [0.25, 0.3) is 0 Å². The average Bonchev–Trinajstić information content (AvgIpc) is 1.80. The SMILES string of the molecule is CCCC#CC[C@H](C)O. The van der Waals surface area contributed by atoms with Crippen LogP contribution in [0.3, 0.4) is 0 Å². The fraction of sp³-hybridized carbons (Fsp3) is 0.750. The Kier molecular flexibility index (Phi) is 5.35. The highest BCUT2D eigenvalue weighted by Crippen LogP contribution is 1.87. The minimum Gasteiger partial charge on any atom is -0.392 e. The molecule has 0 aromatic heterocycles. The molecule has 0 radical (unpaired) electrons. The summed E-state index contributed by atoms with van der Waals surface area (Å²) in [5.41, 5.74) is 0. The van der Waals surface area contributed by atoms with Gasteiger partial charge in [0.25, 0.3) is 0 Å². The molecule has 0 amide bonds. The first kappa shape index (κ1) is 8.52. The van der Waals surface area contributed by atoms with Gasteiger partial charge in [0, 0.05) is 12.8 Å². The van der Waals surface area contributed by atoms with Crippen molar-refractivity contribution < 1.29 is 5.11 Å². The molecule has 0 unspecified atom stereocenters. The molecule has 0 aliphatic heterocycles. The minimum atomic E-state index is -0.269. The molecule has 9 heavy (non-hydrogen) atoms. The zero-order valence-corrected chi connectivity index (χ0v) is 6.15. The fourth-order valence-electron chi connectivity index (χ4n) is 0.433. The minimum absolute atomic E-state index is 0.269. The second-order valence-electron chi connectivity index (χ2n) is 2.16. The highest BCUT2D eigenvalue weighted by Gasteiger charge is 1.86. The third-order valence-corrected chi connectivity index (χ3v) is 0.897. The van der Waals surface area contributed by atoms with Crippen LogP contribution in [0.1, 0.15) is 33.1 Å². The Morgan fingerprint density at radius 1 is 1.44 bits per heavy atom. The quantitative estimate of drug-likeness (QED) is 0.557. The van der Waals surface area contributed by atoms with E-state index in [1.54, 1.807) is 6.92 Å². The van der Waals surface area contributed by atoms with Crippen LogP contribution < -0.4 is 0 Å². The Hall–Kier alpha value is -0.480. The van der Waals surface area contributed by atoms with Crippen LogP contribution in [-0.2, 0) is 0 Å².